The Morgan fingerprint density at radius 2 is 2.04 bits per heavy atom. The van der Waals surface area contributed by atoms with Gasteiger partial charge in [0, 0.05) is 11.4 Å². The molecule has 3 nitrogen and oxygen atoms in total. The lowest BCUT2D eigenvalue weighted by molar-refractivity contribution is 0.0957. The Balaban J connectivity index is 1.41. The Labute approximate surface area is 147 Å². The van der Waals surface area contributed by atoms with Crippen LogP contribution in [0.2, 0.25) is 0 Å². The molecule has 0 fully saturated rings. The van der Waals surface area contributed by atoms with Gasteiger partial charge >= 0.3 is 0 Å². The lowest BCUT2D eigenvalue weighted by atomic mass is 10.4. The van der Waals surface area contributed by atoms with E-state index in [1.54, 1.807) is 17.5 Å². The number of nitrogens with one attached hydrogen (secondary N) is 1. The number of thioether (sulfide) groups is 1. The fraction of sp³-hybridized carbons (Fsp3) is 0.176. The molecule has 0 atom stereocenters. The second-order valence-corrected chi connectivity index (χ2v) is 7.92. The lowest BCUT2D eigenvalue weighted by Crippen LogP contribution is -2.23. The Morgan fingerprint density at radius 1 is 1.17 bits per heavy atom. The van der Waals surface area contributed by atoms with E-state index < -0.39 is 0 Å². The Hall–Kier alpha value is -1.63. The van der Waals surface area contributed by atoms with E-state index in [1.807, 2.05) is 47.5 Å². The van der Waals surface area contributed by atoms with Gasteiger partial charge in [-0.2, -0.15) is 0 Å². The maximum atomic E-state index is 12.1. The highest BCUT2D eigenvalue weighted by atomic mass is 32.2. The fourth-order valence-electron chi connectivity index (χ4n) is 1.96. The van der Waals surface area contributed by atoms with Gasteiger partial charge in [0.05, 0.1) is 11.1 Å². The first kappa shape index (κ1) is 16.2. The number of rotatable bonds is 7. The van der Waals surface area contributed by atoms with Gasteiger partial charge in [0.15, 0.2) is 0 Å². The number of hydrogen-bond acceptors (Lipinski definition) is 5. The van der Waals surface area contributed by atoms with Crippen molar-refractivity contribution in [3.63, 3.8) is 0 Å². The van der Waals surface area contributed by atoms with E-state index in [2.05, 4.69) is 22.4 Å². The second kappa shape index (κ2) is 8.29. The number of thiophene rings is 1. The van der Waals surface area contributed by atoms with Gasteiger partial charge < -0.3 is 5.32 Å². The molecule has 0 aliphatic carbocycles. The van der Waals surface area contributed by atoms with E-state index in [-0.39, 0.29) is 5.91 Å². The van der Waals surface area contributed by atoms with Crippen molar-refractivity contribution in [2.24, 2.45) is 0 Å². The van der Waals surface area contributed by atoms with Crippen LogP contribution in [-0.4, -0.2) is 23.2 Å². The minimum absolute atomic E-state index is 0.0324. The van der Waals surface area contributed by atoms with Crippen LogP contribution in [0.15, 0.2) is 58.9 Å². The van der Waals surface area contributed by atoms with Crippen LogP contribution < -0.4 is 5.32 Å². The molecule has 1 aromatic carbocycles. The Morgan fingerprint density at radius 3 is 2.83 bits per heavy atom. The number of nitrogens with zero attached hydrogens (tertiary/aromatic N) is 1. The molecule has 0 aliphatic heterocycles. The molecule has 3 aromatic rings. The third-order valence-electron chi connectivity index (χ3n) is 3.08. The quantitative estimate of drug-likeness (QED) is 0.487. The summed E-state index contributed by atoms with van der Waals surface area (Å²) < 4.78 is 0. The molecule has 0 unspecified atom stereocenters. The van der Waals surface area contributed by atoms with Gasteiger partial charge in [-0.05, 0) is 35.8 Å². The normalized spacial score (nSPS) is 10.6. The largest absolute Gasteiger partial charge is 0.351 e. The summed E-state index contributed by atoms with van der Waals surface area (Å²) in [5.74, 6) is 0.961. The van der Waals surface area contributed by atoms with Crippen LogP contribution in [-0.2, 0) is 0 Å². The van der Waals surface area contributed by atoms with Gasteiger partial charge in [0.1, 0.15) is 9.88 Å². The van der Waals surface area contributed by atoms with Gasteiger partial charge in [-0.1, -0.05) is 24.3 Å². The Bertz CT molecular complexity index is 738. The summed E-state index contributed by atoms with van der Waals surface area (Å²) >= 11 is 4.89. The number of carbonyl (C=O) groups is 1. The molecule has 0 bridgehead atoms. The number of hydrogen-bond donors (Lipinski definition) is 1. The summed E-state index contributed by atoms with van der Waals surface area (Å²) in [5.41, 5.74) is 0. The van der Waals surface area contributed by atoms with Gasteiger partial charge in [-0.15, -0.1) is 34.4 Å². The molecule has 0 saturated heterocycles. The number of benzene rings is 1. The standard InChI is InChI=1S/C17H16N2OS3/c20-16(15-12-19-17(23-15)14-8-4-10-22-14)18-9-5-11-21-13-6-2-1-3-7-13/h1-4,6-8,10,12H,5,9,11H2,(H,18,20). The van der Waals surface area contributed by atoms with E-state index in [0.29, 0.717) is 11.4 Å². The number of thiazole rings is 1. The molecule has 6 heteroatoms. The van der Waals surface area contributed by atoms with Crippen LogP contribution in [0.1, 0.15) is 16.1 Å². The molecule has 0 saturated carbocycles. The van der Waals surface area contributed by atoms with Crippen LogP contribution in [0.4, 0.5) is 0 Å². The van der Waals surface area contributed by atoms with Gasteiger partial charge in [0.25, 0.3) is 5.91 Å². The van der Waals surface area contributed by atoms with Crippen molar-refractivity contribution in [3.05, 3.63) is 58.9 Å². The van der Waals surface area contributed by atoms with Gasteiger partial charge in [0.2, 0.25) is 0 Å². The summed E-state index contributed by atoms with van der Waals surface area (Å²) in [6.07, 6.45) is 2.61. The molecule has 2 aromatic heterocycles. The second-order valence-electron chi connectivity index (χ2n) is 4.78. The van der Waals surface area contributed by atoms with Gasteiger partial charge in [-0.3, -0.25) is 4.79 Å². The highest BCUT2D eigenvalue weighted by molar-refractivity contribution is 7.99. The maximum absolute atomic E-state index is 12.1. The molecule has 1 amide bonds. The lowest BCUT2D eigenvalue weighted by Gasteiger charge is -2.03. The molecule has 0 radical (unpaired) electrons. The topological polar surface area (TPSA) is 42.0 Å². The van der Waals surface area contributed by atoms with Crippen molar-refractivity contribution < 1.29 is 4.79 Å². The first-order valence-corrected chi connectivity index (χ1v) is 9.97. The molecule has 3 rings (SSSR count). The van der Waals surface area contributed by atoms with Crippen molar-refractivity contribution >= 4 is 40.3 Å². The SMILES string of the molecule is O=C(NCCCSc1ccccc1)c1cnc(-c2cccs2)s1. The fourth-order valence-corrected chi connectivity index (χ4v) is 4.47. The van der Waals surface area contributed by atoms with Crippen LogP contribution in [0.3, 0.4) is 0 Å². The Kier molecular flexibility index (Phi) is 5.85. The van der Waals surface area contributed by atoms with E-state index in [0.717, 1.165) is 22.1 Å². The first-order chi connectivity index (χ1) is 11.3. The van der Waals surface area contributed by atoms with Crippen LogP contribution in [0.5, 0.6) is 0 Å². The third kappa shape index (κ3) is 4.67. The van der Waals surface area contributed by atoms with Crippen molar-refractivity contribution in [3.8, 4) is 9.88 Å². The number of aromatic nitrogens is 1. The molecule has 0 aliphatic rings. The molecular formula is C17H16N2OS3. The van der Waals surface area contributed by atoms with E-state index in [9.17, 15) is 4.79 Å². The number of carbonyl (C=O) groups excluding carboxylic acids is 1. The first-order valence-electron chi connectivity index (χ1n) is 7.29. The molecular weight excluding hydrogens is 344 g/mol. The van der Waals surface area contributed by atoms with Crippen molar-refractivity contribution in [1.82, 2.24) is 10.3 Å². The van der Waals surface area contributed by atoms with Crippen LogP contribution in [0.25, 0.3) is 9.88 Å². The zero-order valence-electron chi connectivity index (χ0n) is 12.4. The van der Waals surface area contributed by atoms with Crippen molar-refractivity contribution in [2.75, 3.05) is 12.3 Å². The minimum Gasteiger partial charge on any atom is -0.351 e. The highest BCUT2D eigenvalue weighted by Gasteiger charge is 2.11. The molecule has 2 heterocycles. The summed E-state index contributed by atoms with van der Waals surface area (Å²) in [6.45, 7) is 0.685. The number of amides is 1. The van der Waals surface area contributed by atoms with E-state index in [1.165, 1.54) is 16.2 Å². The minimum atomic E-state index is -0.0324. The summed E-state index contributed by atoms with van der Waals surface area (Å²) in [4.78, 5) is 19.5. The van der Waals surface area contributed by atoms with Crippen LogP contribution in [0, 0.1) is 0 Å². The zero-order valence-corrected chi connectivity index (χ0v) is 14.8. The average Bonchev–Trinajstić information content (AvgIpc) is 3.26. The maximum Gasteiger partial charge on any atom is 0.263 e. The highest BCUT2D eigenvalue weighted by Crippen LogP contribution is 2.28. The van der Waals surface area contributed by atoms with Crippen LogP contribution >= 0.6 is 34.4 Å². The summed E-state index contributed by atoms with van der Waals surface area (Å²) in [5, 5.41) is 5.89. The molecule has 1 N–H and O–H groups in total. The van der Waals surface area contributed by atoms with Gasteiger partial charge in [-0.25, -0.2) is 4.98 Å². The van der Waals surface area contributed by atoms with E-state index in [4.69, 9.17) is 0 Å². The predicted octanol–water partition coefficient (Wildman–Crippen LogP) is 4.78. The smallest absolute Gasteiger partial charge is 0.263 e. The molecule has 23 heavy (non-hydrogen) atoms. The van der Waals surface area contributed by atoms with Crippen molar-refractivity contribution in [2.45, 2.75) is 11.3 Å². The summed E-state index contributed by atoms with van der Waals surface area (Å²) in [7, 11) is 0. The average molecular weight is 361 g/mol. The zero-order chi connectivity index (χ0) is 15.9. The third-order valence-corrected chi connectivity index (χ3v) is 6.21. The molecule has 0 spiro atoms. The monoisotopic (exact) mass is 360 g/mol. The molecule has 118 valence electrons. The van der Waals surface area contributed by atoms with Crippen molar-refractivity contribution in [1.29, 1.82) is 0 Å². The summed E-state index contributed by atoms with van der Waals surface area (Å²) in [6, 6.07) is 14.3. The predicted molar refractivity (Wildman–Crippen MR) is 99.5 cm³/mol. The van der Waals surface area contributed by atoms with E-state index >= 15 is 0 Å².